The first-order valence-corrected chi connectivity index (χ1v) is 16.7. The Hall–Kier alpha value is -4.89. The molecule has 1 aromatic heterocycles. The Labute approximate surface area is 291 Å². The summed E-state index contributed by atoms with van der Waals surface area (Å²) < 4.78 is 2.22. The van der Waals surface area contributed by atoms with Crippen LogP contribution in [0, 0.1) is 5.41 Å². The molecule has 9 heteroatoms. The zero-order valence-electron chi connectivity index (χ0n) is 26.5. The van der Waals surface area contributed by atoms with E-state index in [1.54, 1.807) is 0 Å². The Morgan fingerprint density at radius 3 is 2.15 bits per heavy atom. The summed E-state index contributed by atoms with van der Waals surface area (Å²) in [6.07, 6.45) is 8.40. The Morgan fingerprint density at radius 2 is 1.50 bits per heavy atom. The number of nitrogens with one attached hydrogen (secondary N) is 1. The number of amides is 1. The Kier molecular flexibility index (Phi) is 10.3. The minimum Gasteiger partial charge on any atom is -0.384 e. The third-order valence-corrected chi connectivity index (χ3v) is 9.29. The normalized spacial score (nSPS) is 12.7. The Balaban J connectivity index is 1.32. The standard InChI is InChI=1S/C39H37ClN6OS/c40-33-17-11-29(12-18-33)24-45(23-28-7-5-27(22-41)6-8-28)39(47)31-16-19-35-34(21-31)44-37(46(35)25-32-3-1-2-4-36(32)48)20-13-26-9-14-30(15-10-26)38(42)43/h1-3,5-12,14-19,21H,4,13,20,22-25,41H2,(H3,42,43). The van der Waals surface area contributed by atoms with Crippen molar-refractivity contribution in [2.45, 2.75) is 45.4 Å². The molecule has 4 aromatic carbocycles. The Morgan fingerprint density at radius 1 is 0.875 bits per heavy atom. The lowest BCUT2D eigenvalue weighted by atomic mass is 10.0. The van der Waals surface area contributed by atoms with E-state index in [4.69, 9.17) is 45.7 Å². The summed E-state index contributed by atoms with van der Waals surface area (Å²) >= 11 is 11.9. The molecule has 6 rings (SSSR count). The predicted molar refractivity (Wildman–Crippen MR) is 198 cm³/mol. The number of nitrogens with two attached hydrogens (primary N) is 2. The highest BCUT2D eigenvalue weighted by Crippen LogP contribution is 2.25. The molecule has 1 amide bonds. The third kappa shape index (κ3) is 7.80. The number of thiocarbonyl (C=S) groups is 1. The Bertz CT molecular complexity index is 2030. The molecule has 1 aliphatic rings. The number of carbonyl (C=O) groups is 1. The lowest BCUT2D eigenvalue weighted by molar-refractivity contribution is 0.0730. The molecular weight excluding hydrogens is 636 g/mol. The number of allylic oxidation sites excluding steroid dienone is 4. The van der Waals surface area contributed by atoms with Crippen LogP contribution >= 0.6 is 23.8 Å². The summed E-state index contributed by atoms with van der Waals surface area (Å²) in [5, 5.41) is 8.34. The molecule has 0 unspecified atom stereocenters. The van der Waals surface area contributed by atoms with Crippen LogP contribution in [0.15, 0.2) is 115 Å². The van der Waals surface area contributed by atoms with E-state index in [9.17, 15) is 4.79 Å². The van der Waals surface area contributed by atoms with E-state index in [0.717, 1.165) is 62.4 Å². The van der Waals surface area contributed by atoms with Gasteiger partial charge in [-0.05, 0) is 64.6 Å². The quantitative estimate of drug-likeness (QED) is 0.0730. The average molecular weight is 673 g/mol. The number of benzene rings is 4. The molecule has 48 heavy (non-hydrogen) atoms. The number of amidine groups is 1. The summed E-state index contributed by atoms with van der Waals surface area (Å²) in [5.41, 5.74) is 19.7. The van der Waals surface area contributed by atoms with E-state index >= 15 is 0 Å². The van der Waals surface area contributed by atoms with E-state index in [2.05, 4.69) is 22.8 Å². The minimum atomic E-state index is -0.0854. The van der Waals surface area contributed by atoms with E-state index in [0.29, 0.717) is 48.7 Å². The van der Waals surface area contributed by atoms with Gasteiger partial charge in [-0.3, -0.25) is 10.2 Å². The second-order valence-electron chi connectivity index (χ2n) is 12.0. The van der Waals surface area contributed by atoms with Crippen molar-refractivity contribution in [3.05, 3.63) is 159 Å². The molecule has 1 aliphatic carbocycles. The molecule has 242 valence electrons. The van der Waals surface area contributed by atoms with Gasteiger partial charge in [0.1, 0.15) is 11.7 Å². The van der Waals surface area contributed by atoms with E-state index in [1.807, 2.05) is 95.9 Å². The van der Waals surface area contributed by atoms with E-state index in [1.165, 1.54) is 0 Å². The smallest absolute Gasteiger partial charge is 0.254 e. The highest BCUT2D eigenvalue weighted by molar-refractivity contribution is 7.80. The largest absolute Gasteiger partial charge is 0.384 e. The van der Waals surface area contributed by atoms with Gasteiger partial charge in [0.15, 0.2) is 0 Å². The van der Waals surface area contributed by atoms with Gasteiger partial charge in [0.2, 0.25) is 0 Å². The van der Waals surface area contributed by atoms with Gasteiger partial charge < -0.3 is 20.9 Å². The number of halogens is 1. The first-order valence-electron chi connectivity index (χ1n) is 15.9. The summed E-state index contributed by atoms with van der Waals surface area (Å²) in [5.74, 6) is 0.884. The molecule has 0 aliphatic heterocycles. The van der Waals surface area contributed by atoms with Crippen molar-refractivity contribution in [3.8, 4) is 0 Å². The van der Waals surface area contributed by atoms with Gasteiger partial charge in [0.05, 0.1) is 17.6 Å². The first-order chi connectivity index (χ1) is 23.3. The number of hydrogen-bond donors (Lipinski definition) is 3. The molecule has 7 nitrogen and oxygen atoms in total. The van der Waals surface area contributed by atoms with Crippen molar-refractivity contribution in [2.24, 2.45) is 11.5 Å². The van der Waals surface area contributed by atoms with Crippen LogP contribution in [0.1, 0.15) is 50.4 Å². The van der Waals surface area contributed by atoms with Crippen LogP contribution < -0.4 is 11.5 Å². The number of nitrogens with zero attached hydrogens (tertiary/aromatic N) is 3. The molecule has 0 radical (unpaired) electrons. The van der Waals surface area contributed by atoms with Crippen LogP contribution in [0.5, 0.6) is 0 Å². The maximum atomic E-state index is 14.2. The molecular formula is C39H37ClN6OS. The number of carbonyl (C=O) groups excluding carboxylic acids is 1. The highest BCUT2D eigenvalue weighted by atomic mass is 35.5. The van der Waals surface area contributed by atoms with Gasteiger partial charge in [-0.1, -0.05) is 103 Å². The molecule has 0 atom stereocenters. The number of imidazole rings is 1. The van der Waals surface area contributed by atoms with Gasteiger partial charge in [-0.15, -0.1) is 0 Å². The zero-order chi connectivity index (χ0) is 33.6. The zero-order valence-corrected chi connectivity index (χ0v) is 28.1. The van der Waals surface area contributed by atoms with Crippen molar-refractivity contribution in [1.82, 2.24) is 14.5 Å². The van der Waals surface area contributed by atoms with Crippen LogP contribution in [0.2, 0.25) is 5.02 Å². The SMILES string of the molecule is N=C(N)c1ccc(CCc2nc3cc(C(=O)N(Cc4ccc(Cl)cc4)Cc4ccc(CN)cc4)ccc3n2CC2=CC=CCC2=S)cc1. The van der Waals surface area contributed by atoms with Crippen LogP contribution in [-0.2, 0) is 39.0 Å². The molecule has 0 bridgehead atoms. The van der Waals surface area contributed by atoms with Crippen LogP contribution in [-0.4, -0.2) is 31.1 Å². The molecule has 0 fully saturated rings. The fourth-order valence-electron chi connectivity index (χ4n) is 5.88. The summed E-state index contributed by atoms with van der Waals surface area (Å²) in [4.78, 5) is 22.1. The van der Waals surface area contributed by atoms with Gasteiger partial charge in [-0.2, -0.15) is 0 Å². The van der Waals surface area contributed by atoms with E-state index in [-0.39, 0.29) is 11.7 Å². The number of aromatic nitrogens is 2. The second kappa shape index (κ2) is 14.9. The van der Waals surface area contributed by atoms with Crippen LogP contribution in [0.3, 0.4) is 0 Å². The van der Waals surface area contributed by atoms with Crippen molar-refractivity contribution < 1.29 is 4.79 Å². The molecule has 0 spiro atoms. The van der Waals surface area contributed by atoms with Crippen molar-refractivity contribution in [3.63, 3.8) is 0 Å². The van der Waals surface area contributed by atoms with Gasteiger partial charge in [0.25, 0.3) is 5.91 Å². The monoisotopic (exact) mass is 672 g/mol. The highest BCUT2D eigenvalue weighted by Gasteiger charge is 2.21. The summed E-state index contributed by atoms with van der Waals surface area (Å²) in [6.45, 7) is 1.93. The number of hydrogen-bond acceptors (Lipinski definition) is 5. The lowest BCUT2D eigenvalue weighted by Crippen LogP contribution is -2.30. The maximum absolute atomic E-state index is 14.2. The predicted octanol–water partition coefficient (Wildman–Crippen LogP) is 7.32. The van der Waals surface area contributed by atoms with Crippen LogP contribution in [0.4, 0.5) is 0 Å². The van der Waals surface area contributed by atoms with Crippen LogP contribution in [0.25, 0.3) is 11.0 Å². The number of nitrogen functional groups attached to an aromatic ring is 1. The fraction of sp³-hybridized carbons (Fsp3) is 0.179. The maximum Gasteiger partial charge on any atom is 0.254 e. The number of aryl methyl sites for hydroxylation is 2. The molecule has 5 aromatic rings. The van der Waals surface area contributed by atoms with Crippen molar-refractivity contribution in [1.29, 1.82) is 5.41 Å². The van der Waals surface area contributed by atoms with Crippen molar-refractivity contribution in [2.75, 3.05) is 0 Å². The first kappa shape index (κ1) is 33.0. The molecule has 1 heterocycles. The molecule has 0 saturated carbocycles. The summed E-state index contributed by atoms with van der Waals surface area (Å²) in [7, 11) is 0. The molecule has 5 N–H and O–H groups in total. The van der Waals surface area contributed by atoms with Gasteiger partial charge >= 0.3 is 0 Å². The van der Waals surface area contributed by atoms with Crippen molar-refractivity contribution >= 4 is 51.5 Å². The minimum absolute atomic E-state index is 0.0516. The lowest BCUT2D eigenvalue weighted by Gasteiger charge is -2.23. The number of fused-ring (bicyclic) bond motifs is 1. The van der Waals surface area contributed by atoms with E-state index < -0.39 is 0 Å². The molecule has 0 saturated heterocycles. The summed E-state index contributed by atoms with van der Waals surface area (Å²) in [6, 6.07) is 29.2. The third-order valence-electron chi connectivity index (χ3n) is 8.61. The van der Waals surface area contributed by atoms with Gasteiger partial charge in [-0.25, -0.2) is 4.98 Å². The second-order valence-corrected chi connectivity index (χ2v) is 12.9. The topological polar surface area (TPSA) is 114 Å². The average Bonchev–Trinajstić information content (AvgIpc) is 3.45. The fourth-order valence-corrected chi connectivity index (χ4v) is 6.23. The number of rotatable bonds is 12. The van der Waals surface area contributed by atoms with Gasteiger partial charge in [0, 0.05) is 53.5 Å².